The molecule has 0 fully saturated rings. The molecule has 232 valence electrons. The number of carbonyl (C=O) groups is 2. The lowest BCUT2D eigenvalue weighted by atomic mass is 10.0. The largest absolute Gasteiger partial charge is 0.507 e. The van der Waals surface area contributed by atoms with E-state index in [2.05, 4.69) is 11.9 Å². The van der Waals surface area contributed by atoms with E-state index < -0.39 is 17.9 Å². The molecule has 1 aliphatic carbocycles. The summed E-state index contributed by atoms with van der Waals surface area (Å²) in [6.45, 7) is 10.1. The fraction of sp³-hybridized carbons (Fsp3) is 0.222. The Morgan fingerprint density at radius 2 is 1.82 bits per heavy atom. The number of carboxylic acid groups (broad SMARTS) is 1. The number of hydrogen-bond donors (Lipinski definition) is 3. The number of alkyl halides is 1. The van der Waals surface area contributed by atoms with Gasteiger partial charge in [0.2, 0.25) is 5.91 Å². The van der Waals surface area contributed by atoms with Gasteiger partial charge in [0.05, 0.1) is 0 Å². The number of carboxylic acids is 1. The van der Waals surface area contributed by atoms with Crippen molar-refractivity contribution in [3.8, 4) is 5.75 Å². The summed E-state index contributed by atoms with van der Waals surface area (Å²) in [5.74, 6) is -0.796. The first-order chi connectivity index (χ1) is 21.2. The molecule has 0 saturated heterocycles. The first kappa shape index (κ1) is 35.9. The zero-order valence-corrected chi connectivity index (χ0v) is 26.7. The first-order valence-corrected chi connectivity index (χ1v) is 15.2. The van der Waals surface area contributed by atoms with Crippen LogP contribution in [-0.4, -0.2) is 34.0 Å². The molecule has 3 N–H and O–H groups in total. The Labute approximate surface area is 270 Å². The topological polar surface area (TPSA) is 95.9 Å². The third kappa shape index (κ3) is 12.2. The van der Waals surface area contributed by atoms with E-state index in [0.717, 1.165) is 27.8 Å². The van der Waals surface area contributed by atoms with Crippen LogP contribution in [0.4, 0.5) is 0 Å². The number of nitrogens with one attached hydrogen (secondary N) is 1. The van der Waals surface area contributed by atoms with E-state index in [-0.39, 0.29) is 12.2 Å². The smallest absolute Gasteiger partial charge is 0.326 e. The molecule has 44 heavy (non-hydrogen) atoms. The van der Waals surface area contributed by atoms with E-state index >= 15 is 0 Å². The Kier molecular flexibility index (Phi) is 15.6. The van der Waals surface area contributed by atoms with E-state index in [1.54, 1.807) is 30.3 Å². The number of aromatic hydroxyl groups is 1. The number of hydrogen-bond acceptors (Lipinski definition) is 4. The first-order valence-electron chi connectivity index (χ1n) is 14.2. The summed E-state index contributed by atoms with van der Waals surface area (Å²) in [6.07, 6.45) is 16.2. The fourth-order valence-corrected chi connectivity index (χ4v) is 4.18. The quantitative estimate of drug-likeness (QED) is 0.116. The molecule has 1 aliphatic rings. The summed E-state index contributed by atoms with van der Waals surface area (Å²) >= 11 is 11.7. The molecule has 1 atom stereocenters. The fourth-order valence-electron chi connectivity index (χ4n) is 3.97. The van der Waals surface area contributed by atoms with E-state index in [9.17, 15) is 19.8 Å². The molecule has 0 spiro atoms. The number of ether oxygens (including phenoxy) is 1. The molecule has 0 heterocycles. The number of amides is 1. The van der Waals surface area contributed by atoms with Gasteiger partial charge in [0.25, 0.3) is 0 Å². The molecular formula is C36H39Cl2NO5. The third-order valence-electron chi connectivity index (χ3n) is 6.30. The summed E-state index contributed by atoms with van der Waals surface area (Å²) in [4.78, 5) is 24.5. The highest BCUT2D eigenvalue weighted by Gasteiger charge is 2.20. The van der Waals surface area contributed by atoms with Crippen molar-refractivity contribution in [2.24, 2.45) is 0 Å². The predicted molar refractivity (Wildman–Crippen MR) is 181 cm³/mol. The van der Waals surface area contributed by atoms with Gasteiger partial charge >= 0.3 is 5.97 Å². The molecule has 2 aromatic rings. The van der Waals surface area contributed by atoms with Crippen LogP contribution in [0.3, 0.4) is 0 Å². The summed E-state index contributed by atoms with van der Waals surface area (Å²) in [5, 5.41) is 23.4. The normalized spacial score (nSPS) is 13.8. The van der Waals surface area contributed by atoms with Crippen molar-refractivity contribution in [1.82, 2.24) is 5.32 Å². The zero-order valence-electron chi connectivity index (χ0n) is 25.2. The standard InChI is InChI=1S/C34H33Cl2NO5.C2H6/c1-3-26(11-7-23(2)21-35)28-13-12-27(32(38)20-28)14-18-33(39)37-31(34(40)41)19-24-5-4-6-30(17-10-24)42-22-25-8-15-29(36)16-9-25;1-2/h3-4,6-18,20,31,38H,2,5,19,21-22H2,1H3,(H,37,39)(H,40,41);1-2H3/b11-7-,18-14+,26-3+;. The van der Waals surface area contributed by atoms with Crippen LogP contribution in [0, 0.1) is 0 Å². The van der Waals surface area contributed by atoms with Crippen molar-refractivity contribution in [2.45, 2.75) is 46.3 Å². The van der Waals surface area contributed by atoms with E-state index in [0.29, 0.717) is 35.3 Å². The van der Waals surface area contributed by atoms with Gasteiger partial charge in [-0.1, -0.05) is 92.2 Å². The summed E-state index contributed by atoms with van der Waals surface area (Å²) in [6, 6.07) is 11.3. The van der Waals surface area contributed by atoms with Crippen molar-refractivity contribution < 1.29 is 24.5 Å². The number of aliphatic carboxylic acids is 1. The number of allylic oxidation sites excluding steroid dienone is 9. The molecule has 0 aromatic heterocycles. The van der Waals surface area contributed by atoms with Crippen LogP contribution < -0.4 is 5.32 Å². The van der Waals surface area contributed by atoms with Gasteiger partial charge < -0.3 is 20.3 Å². The maximum atomic E-state index is 12.6. The van der Waals surface area contributed by atoms with Crippen molar-refractivity contribution >= 4 is 46.7 Å². The number of halogens is 2. The second kappa shape index (κ2) is 19.1. The minimum Gasteiger partial charge on any atom is -0.507 e. The predicted octanol–water partition coefficient (Wildman–Crippen LogP) is 8.79. The number of phenolic OH excluding ortho intramolecular Hbond substituents is 1. The highest BCUT2D eigenvalue weighted by atomic mass is 35.5. The Balaban J connectivity index is 0.00000330. The van der Waals surface area contributed by atoms with Gasteiger partial charge in [-0.25, -0.2) is 4.79 Å². The lowest BCUT2D eigenvalue weighted by Crippen LogP contribution is -2.40. The molecule has 0 bridgehead atoms. The summed E-state index contributed by atoms with van der Waals surface area (Å²) in [7, 11) is 0. The van der Waals surface area contributed by atoms with Crippen LogP contribution in [0.1, 0.15) is 50.3 Å². The lowest BCUT2D eigenvalue weighted by Gasteiger charge is -2.14. The van der Waals surface area contributed by atoms with Crippen LogP contribution in [0.2, 0.25) is 5.02 Å². The van der Waals surface area contributed by atoms with Gasteiger partial charge in [-0.3, -0.25) is 4.79 Å². The molecule has 6 nitrogen and oxygen atoms in total. The zero-order chi connectivity index (χ0) is 32.5. The van der Waals surface area contributed by atoms with Crippen LogP contribution in [0.5, 0.6) is 5.75 Å². The average Bonchev–Trinajstić information content (AvgIpc) is 3.26. The molecule has 1 amide bonds. The summed E-state index contributed by atoms with van der Waals surface area (Å²) < 4.78 is 5.85. The van der Waals surface area contributed by atoms with Crippen molar-refractivity contribution in [3.05, 3.63) is 136 Å². The van der Waals surface area contributed by atoms with Gasteiger partial charge in [0, 0.05) is 22.5 Å². The van der Waals surface area contributed by atoms with Crippen LogP contribution in [-0.2, 0) is 20.9 Å². The van der Waals surface area contributed by atoms with Gasteiger partial charge in [-0.05, 0) is 78.5 Å². The molecule has 2 aromatic carbocycles. The number of phenols is 1. The second-order valence-electron chi connectivity index (χ2n) is 9.50. The molecule has 0 aliphatic heterocycles. The number of carbonyl (C=O) groups excluding carboxylic acids is 1. The highest BCUT2D eigenvalue weighted by Crippen LogP contribution is 2.26. The minimum atomic E-state index is -1.15. The third-order valence-corrected chi connectivity index (χ3v) is 6.90. The Bertz CT molecular complexity index is 1480. The summed E-state index contributed by atoms with van der Waals surface area (Å²) in [5.41, 5.74) is 4.62. The van der Waals surface area contributed by atoms with E-state index in [1.165, 1.54) is 12.2 Å². The Morgan fingerprint density at radius 1 is 1.09 bits per heavy atom. The Morgan fingerprint density at radius 3 is 2.45 bits per heavy atom. The average molecular weight is 637 g/mol. The van der Waals surface area contributed by atoms with E-state index in [1.807, 2.05) is 75.4 Å². The molecular weight excluding hydrogens is 597 g/mol. The second-order valence-corrected chi connectivity index (χ2v) is 10.2. The van der Waals surface area contributed by atoms with E-state index in [4.69, 9.17) is 27.9 Å². The molecule has 3 rings (SSSR count). The highest BCUT2D eigenvalue weighted by molar-refractivity contribution is 6.30. The van der Waals surface area contributed by atoms with Crippen molar-refractivity contribution in [2.75, 3.05) is 5.88 Å². The Hall–Kier alpha value is -4.26. The number of rotatable bonds is 13. The van der Waals surface area contributed by atoms with Gasteiger partial charge in [-0.15, -0.1) is 11.6 Å². The molecule has 0 saturated carbocycles. The van der Waals surface area contributed by atoms with Crippen LogP contribution in [0.25, 0.3) is 11.6 Å². The molecule has 0 radical (unpaired) electrons. The lowest BCUT2D eigenvalue weighted by molar-refractivity contribution is -0.141. The maximum Gasteiger partial charge on any atom is 0.326 e. The maximum absolute atomic E-state index is 12.6. The van der Waals surface area contributed by atoms with Crippen LogP contribution >= 0.6 is 23.2 Å². The monoisotopic (exact) mass is 635 g/mol. The minimum absolute atomic E-state index is 0.0217. The van der Waals surface area contributed by atoms with Gasteiger partial charge in [-0.2, -0.15) is 0 Å². The van der Waals surface area contributed by atoms with Gasteiger partial charge in [0.15, 0.2) is 0 Å². The van der Waals surface area contributed by atoms with Crippen molar-refractivity contribution in [3.63, 3.8) is 0 Å². The van der Waals surface area contributed by atoms with Crippen molar-refractivity contribution in [1.29, 1.82) is 0 Å². The number of benzene rings is 2. The SMILES string of the molecule is C=C(/C=C\C(=C/C)c1ccc(/C=C/C(=O)NC(CC2=CC=C(OCc3ccc(Cl)cc3)C=CC2)C(=O)O)c(O)c1)CCl.CC. The molecule has 8 heteroatoms. The van der Waals surface area contributed by atoms with Crippen LogP contribution in [0.15, 0.2) is 115 Å². The van der Waals surface area contributed by atoms with Gasteiger partial charge in [0.1, 0.15) is 24.2 Å². The molecule has 1 unspecified atom stereocenters.